The molecule has 0 saturated carbocycles. The van der Waals surface area contributed by atoms with Gasteiger partial charge in [0, 0.05) is 21.7 Å². The Labute approximate surface area is 201 Å². The highest BCUT2D eigenvalue weighted by Gasteiger charge is 2.39. The number of nitrogens with zero attached hydrogens (tertiary/aromatic N) is 2. The van der Waals surface area contributed by atoms with Crippen LogP contribution in [0.1, 0.15) is 62.8 Å². The smallest absolute Gasteiger partial charge is 0.334 e. The van der Waals surface area contributed by atoms with E-state index in [0.29, 0.717) is 0 Å². The van der Waals surface area contributed by atoms with E-state index in [1.807, 2.05) is 6.20 Å². The number of fused-ring (bicyclic) bond motifs is 7. The number of hydrogen-bond donors (Lipinski definition) is 0. The Morgan fingerprint density at radius 2 is 1.53 bits per heavy atom. The van der Waals surface area contributed by atoms with Gasteiger partial charge < -0.3 is 4.42 Å². The average molecular weight is 450 g/mol. The maximum Gasteiger partial charge on any atom is 0.334 e. The van der Waals surface area contributed by atoms with Crippen molar-refractivity contribution in [3.8, 4) is 11.4 Å². The minimum atomic E-state index is 0.0985. The molecule has 3 heteroatoms. The third-order valence-electron chi connectivity index (χ3n) is 8.13. The van der Waals surface area contributed by atoms with Crippen LogP contribution >= 0.6 is 0 Å². The summed E-state index contributed by atoms with van der Waals surface area (Å²) in [7, 11) is 2.06. The second-order valence-corrected chi connectivity index (χ2v) is 11.6. The first-order valence-electron chi connectivity index (χ1n) is 12.3. The monoisotopic (exact) mass is 449 g/mol. The van der Waals surface area contributed by atoms with Gasteiger partial charge in [-0.2, -0.15) is 0 Å². The molecule has 6 rings (SSSR count). The number of hydrogen-bond acceptors (Lipinski definition) is 2. The first kappa shape index (κ1) is 21.3. The van der Waals surface area contributed by atoms with Gasteiger partial charge in [0.2, 0.25) is 0 Å². The predicted octanol–water partition coefficient (Wildman–Crippen LogP) is 7.59. The molecule has 1 aliphatic carbocycles. The maximum absolute atomic E-state index is 6.89. The van der Waals surface area contributed by atoms with Crippen LogP contribution in [0, 0.1) is 13.8 Å². The van der Waals surface area contributed by atoms with Gasteiger partial charge in [-0.1, -0.05) is 58.0 Å². The van der Waals surface area contributed by atoms with Crippen LogP contribution in [0.4, 0.5) is 0 Å². The number of benzene rings is 3. The van der Waals surface area contributed by atoms with Crippen LogP contribution < -0.4 is 4.57 Å². The van der Waals surface area contributed by atoms with Crippen LogP contribution in [-0.2, 0) is 17.9 Å². The third kappa shape index (κ3) is 2.89. The largest absolute Gasteiger partial charge is 0.454 e. The molecule has 0 bridgehead atoms. The standard InChI is InChI=1S/C31H33N2O/c1-18-16-32-29(33(7)17-18)24-19(2)8-11-21-22-12-9-20-10-13-23-26(25(20)28(22)34-27(21)24)31(5,6)15-14-30(23,3)4/h8-13,16-17H,14-15H2,1-7H3/q+1. The van der Waals surface area contributed by atoms with Crippen molar-refractivity contribution in [1.29, 1.82) is 0 Å². The maximum atomic E-state index is 6.89. The van der Waals surface area contributed by atoms with E-state index in [-0.39, 0.29) is 10.8 Å². The summed E-state index contributed by atoms with van der Waals surface area (Å²) in [6, 6.07) is 13.6. The summed E-state index contributed by atoms with van der Waals surface area (Å²) in [6.45, 7) is 13.8. The molecule has 0 amide bonds. The molecule has 0 aliphatic heterocycles. The zero-order chi connectivity index (χ0) is 24.0. The van der Waals surface area contributed by atoms with Crippen LogP contribution in [0.2, 0.25) is 0 Å². The van der Waals surface area contributed by atoms with Crippen molar-refractivity contribution in [2.24, 2.45) is 7.05 Å². The van der Waals surface area contributed by atoms with E-state index in [4.69, 9.17) is 9.40 Å². The van der Waals surface area contributed by atoms with Gasteiger partial charge in [-0.05, 0) is 70.6 Å². The lowest BCUT2D eigenvalue weighted by atomic mass is 9.62. The Balaban J connectivity index is 1.78. The zero-order valence-corrected chi connectivity index (χ0v) is 21.3. The lowest BCUT2D eigenvalue weighted by Crippen LogP contribution is -2.34. The van der Waals surface area contributed by atoms with E-state index >= 15 is 0 Å². The van der Waals surface area contributed by atoms with Crippen molar-refractivity contribution in [2.45, 2.75) is 65.2 Å². The summed E-state index contributed by atoms with van der Waals surface area (Å²) in [4.78, 5) is 4.81. The van der Waals surface area contributed by atoms with E-state index in [1.54, 1.807) is 0 Å². The molecule has 1 aliphatic rings. The van der Waals surface area contributed by atoms with Crippen molar-refractivity contribution in [3.05, 3.63) is 71.0 Å². The molecular weight excluding hydrogens is 416 g/mol. The molecule has 0 N–H and O–H groups in total. The van der Waals surface area contributed by atoms with E-state index in [9.17, 15) is 0 Å². The van der Waals surface area contributed by atoms with Gasteiger partial charge in [0.25, 0.3) is 0 Å². The summed E-state index contributed by atoms with van der Waals surface area (Å²) in [6.07, 6.45) is 6.44. The van der Waals surface area contributed by atoms with Gasteiger partial charge >= 0.3 is 5.82 Å². The van der Waals surface area contributed by atoms with Crippen molar-refractivity contribution in [2.75, 3.05) is 0 Å². The van der Waals surface area contributed by atoms with Crippen molar-refractivity contribution < 1.29 is 8.98 Å². The molecule has 0 fully saturated rings. The Hall–Kier alpha value is -3.20. The molecule has 5 aromatic rings. The first-order valence-corrected chi connectivity index (χ1v) is 12.3. The Morgan fingerprint density at radius 3 is 2.29 bits per heavy atom. The molecule has 3 aromatic carbocycles. The van der Waals surface area contributed by atoms with E-state index in [2.05, 4.69) is 95.8 Å². The summed E-state index contributed by atoms with van der Waals surface area (Å²) in [5, 5.41) is 4.89. The van der Waals surface area contributed by atoms with Crippen LogP contribution in [0.15, 0.2) is 53.2 Å². The highest BCUT2D eigenvalue weighted by atomic mass is 16.3. The molecule has 172 valence electrons. The van der Waals surface area contributed by atoms with Crippen LogP contribution in [0.3, 0.4) is 0 Å². The van der Waals surface area contributed by atoms with Crippen molar-refractivity contribution >= 4 is 32.7 Å². The zero-order valence-electron chi connectivity index (χ0n) is 21.3. The lowest BCUT2D eigenvalue weighted by molar-refractivity contribution is -0.663. The summed E-state index contributed by atoms with van der Waals surface area (Å²) < 4.78 is 9.00. The Bertz CT molecular complexity index is 1640. The van der Waals surface area contributed by atoms with Gasteiger partial charge in [0.1, 0.15) is 17.3 Å². The van der Waals surface area contributed by atoms with Crippen LogP contribution in [0.5, 0.6) is 0 Å². The Kier molecular flexibility index (Phi) is 4.34. The number of furan rings is 1. The van der Waals surface area contributed by atoms with E-state index in [1.165, 1.54) is 45.7 Å². The van der Waals surface area contributed by atoms with E-state index < -0.39 is 0 Å². The number of aryl methyl sites for hydroxylation is 3. The van der Waals surface area contributed by atoms with Crippen molar-refractivity contribution in [1.82, 2.24) is 4.98 Å². The first-order chi connectivity index (χ1) is 16.1. The number of aromatic nitrogens is 2. The topological polar surface area (TPSA) is 29.9 Å². The molecule has 0 spiro atoms. The molecule has 0 atom stereocenters. The second kappa shape index (κ2) is 6.91. The minimum absolute atomic E-state index is 0.0985. The molecule has 0 radical (unpaired) electrons. The third-order valence-corrected chi connectivity index (χ3v) is 8.13. The summed E-state index contributed by atoms with van der Waals surface area (Å²) in [5.74, 6) is 0.931. The molecule has 2 aromatic heterocycles. The van der Waals surface area contributed by atoms with Crippen LogP contribution in [0.25, 0.3) is 44.1 Å². The summed E-state index contributed by atoms with van der Waals surface area (Å²) in [5.41, 5.74) is 8.52. The fourth-order valence-corrected chi connectivity index (χ4v) is 6.13. The van der Waals surface area contributed by atoms with Gasteiger partial charge in [-0.15, -0.1) is 0 Å². The fourth-order valence-electron chi connectivity index (χ4n) is 6.13. The van der Waals surface area contributed by atoms with Gasteiger partial charge in [0.15, 0.2) is 5.58 Å². The highest BCUT2D eigenvalue weighted by molar-refractivity contribution is 6.18. The molecule has 0 unspecified atom stereocenters. The van der Waals surface area contributed by atoms with Crippen molar-refractivity contribution in [3.63, 3.8) is 0 Å². The van der Waals surface area contributed by atoms with E-state index in [0.717, 1.165) is 33.5 Å². The number of rotatable bonds is 1. The molecule has 34 heavy (non-hydrogen) atoms. The minimum Gasteiger partial charge on any atom is -0.454 e. The molecule has 2 heterocycles. The molecular formula is C31H33N2O+. The highest BCUT2D eigenvalue weighted by Crippen LogP contribution is 2.50. The van der Waals surface area contributed by atoms with Crippen LogP contribution in [-0.4, -0.2) is 4.98 Å². The van der Waals surface area contributed by atoms with Gasteiger partial charge in [-0.25, -0.2) is 4.57 Å². The lowest BCUT2D eigenvalue weighted by Gasteiger charge is -2.42. The quantitative estimate of drug-likeness (QED) is 0.247. The fraction of sp³-hybridized carbons (Fsp3) is 0.355. The molecule has 3 nitrogen and oxygen atoms in total. The second-order valence-electron chi connectivity index (χ2n) is 11.6. The van der Waals surface area contributed by atoms with Gasteiger partial charge in [-0.3, -0.25) is 0 Å². The average Bonchev–Trinajstić information content (AvgIpc) is 3.16. The van der Waals surface area contributed by atoms with Gasteiger partial charge in [0.05, 0.1) is 13.2 Å². The molecule has 0 saturated heterocycles. The Morgan fingerprint density at radius 1 is 0.853 bits per heavy atom. The SMILES string of the molecule is Cc1cnc(-c2c(C)ccc3c2oc2c3ccc3ccc4c(c32)C(C)(C)CCC4(C)C)[n+](C)c1. The summed E-state index contributed by atoms with van der Waals surface area (Å²) >= 11 is 0. The predicted molar refractivity (Wildman–Crippen MR) is 140 cm³/mol. The normalized spacial score (nSPS) is 16.9.